The SMILES string of the molecule is C[C@@H]1CO[C@@H](c2ccccc2)[C@@H](C)N1C(=O)c1cnc2ccccc2n1. The Morgan fingerprint density at radius 1 is 1.04 bits per heavy atom. The lowest BCUT2D eigenvalue weighted by Gasteiger charge is -2.43. The van der Waals surface area contributed by atoms with Crippen LogP contribution in [0.3, 0.4) is 0 Å². The number of ether oxygens (including phenoxy) is 1. The van der Waals surface area contributed by atoms with E-state index in [4.69, 9.17) is 4.74 Å². The molecule has 0 bridgehead atoms. The summed E-state index contributed by atoms with van der Waals surface area (Å²) in [5, 5.41) is 0. The number of morpholine rings is 1. The van der Waals surface area contributed by atoms with Crippen molar-refractivity contribution in [3.8, 4) is 0 Å². The fraction of sp³-hybridized carbons (Fsp3) is 0.286. The number of para-hydroxylation sites is 2. The molecule has 132 valence electrons. The number of carbonyl (C=O) groups is 1. The first-order valence-electron chi connectivity index (χ1n) is 8.86. The maximum atomic E-state index is 13.2. The molecule has 3 aromatic rings. The number of benzene rings is 2. The highest BCUT2D eigenvalue weighted by Gasteiger charge is 2.38. The Morgan fingerprint density at radius 3 is 2.50 bits per heavy atom. The van der Waals surface area contributed by atoms with E-state index in [9.17, 15) is 4.79 Å². The van der Waals surface area contributed by atoms with Crippen molar-refractivity contribution in [3.63, 3.8) is 0 Å². The Bertz CT molecular complexity index is 929. The van der Waals surface area contributed by atoms with Gasteiger partial charge in [-0.3, -0.25) is 9.78 Å². The molecule has 4 rings (SSSR count). The third kappa shape index (κ3) is 2.95. The molecule has 2 heterocycles. The summed E-state index contributed by atoms with van der Waals surface area (Å²) in [7, 11) is 0. The van der Waals surface area contributed by atoms with Crippen LogP contribution in [0.25, 0.3) is 11.0 Å². The van der Waals surface area contributed by atoms with Gasteiger partial charge in [-0.15, -0.1) is 0 Å². The zero-order valence-electron chi connectivity index (χ0n) is 14.9. The maximum absolute atomic E-state index is 13.2. The van der Waals surface area contributed by atoms with E-state index in [1.54, 1.807) is 6.20 Å². The fourth-order valence-electron chi connectivity index (χ4n) is 3.60. The summed E-state index contributed by atoms with van der Waals surface area (Å²) in [6.45, 7) is 4.53. The van der Waals surface area contributed by atoms with E-state index in [0.717, 1.165) is 16.6 Å². The molecule has 0 spiro atoms. The van der Waals surface area contributed by atoms with Crippen LogP contribution in [0.1, 0.15) is 36.0 Å². The summed E-state index contributed by atoms with van der Waals surface area (Å²) in [6, 6.07) is 17.5. The van der Waals surface area contributed by atoms with Gasteiger partial charge in [0.15, 0.2) is 0 Å². The molecule has 2 aromatic carbocycles. The molecular formula is C21H21N3O2. The lowest BCUT2D eigenvalue weighted by Crippen LogP contribution is -2.53. The van der Waals surface area contributed by atoms with Gasteiger partial charge in [0.05, 0.1) is 35.9 Å². The van der Waals surface area contributed by atoms with Crippen molar-refractivity contribution in [1.82, 2.24) is 14.9 Å². The summed E-state index contributed by atoms with van der Waals surface area (Å²) in [6.07, 6.45) is 1.42. The normalized spacial score (nSPS) is 23.2. The lowest BCUT2D eigenvalue weighted by atomic mass is 9.98. The molecule has 1 aliphatic heterocycles. The Morgan fingerprint density at radius 2 is 1.73 bits per heavy atom. The zero-order chi connectivity index (χ0) is 18.1. The van der Waals surface area contributed by atoms with E-state index in [1.807, 2.05) is 73.3 Å². The molecule has 0 unspecified atom stereocenters. The Hall–Kier alpha value is -2.79. The molecule has 1 saturated heterocycles. The van der Waals surface area contributed by atoms with Crippen LogP contribution in [0.4, 0.5) is 0 Å². The number of aromatic nitrogens is 2. The van der Waals surface area contributed by atoms with Crippen molar-refractivity contribution in [2.24, 2.45) is 0 Å². The van der Waals surface area contributed by atoms with Gasteiger partial charge in [0, 0.05) is 0 Å². The van der Waals surface area contributed by atoms with E-state index in [2.05, 4.69) is 9.97 Å². The molecular weight excluding hydrogens is 326 g/mol. The summed E-state index contributed by atoms with van der Waals surface area (Å²) in [5.41, 5.74) is 2.96. The predicted octanol–water partition coefficient (Wildman–Crippen LogP) is 3.62. The van der Waals surface area contributed by atoms with Gasteiger partial charge in [0.25, 0.3) is 5.91 Å². The van der Waals surface area contributed by atoms with Crippen LogP contribution in [0, 0.1) is 0 Å². The second-order valence-corrected chi connectivity index (χ2v) is 6.71. The monoisotopic (exact) mass is 347 g/mol. The van der Waals surface area contributed by atoms with E-state index in [-0.39, 0.29) is 24.1 Å². The first-order chi connectivity index (χ1) is 12.6. The smallest absolute Gasteiger partial charge is 0.274 e. The second kappa shape index (κ2) is 6.84. The van der Waals surface area contributed by atoms with E-state index >= 15 is 0 Å². The van der Waals surface area contributed by atoms with Crippen LogP contribution in [0.5, 0.6) is 0 Å². The Kier molecular flexibility index (Phi) is 4.39. The highest BCUT2D eigenvalue weighted by molar-refractivity contribution is 5.94. The first-order valence-corrected chi connectivity index (χ1v) is 8.86. The van der Waals surface area contributed by atoms with Crippen LogP contribution in [0.15, 0.2) is 60.8 Å². The summed E-state index contributed by atoms with van der Waals surface area (Å²) < 4.78 is 6.05. The van der Waals surface area contributed by atoms with Crippen LogP contribution >= 0.6 is 0 Å². The highest BCUT2D eigenvalue weighted by atomic mass is 16.5. The van der Waals surface area contributed by atoms with Crippen molar-refractivity contribution >= 4 is 16.9 Å². The number of hydrogen-bond acceptors (Lipinski definition) is 4. The number of amides is 1. The average molecular weight is 347 g/mol. The number of hydrogen-bond donors (Lipinski definition) is 0. The van der Waals surface area contributed by atoms with Crippen LogP contribution in [-0.4, -0.2) is 39.5 Å². The van der Waals surface area contributed by atoms with Gasteiger partial charge in [-0.2, -0.15) is 0 Å². The topological polar surface area (TPSA) is 55.3 Å². The van der Waals surface area contributed by atoms with Crippen LogP contribution in [0.2, 0.25) is 0 Å². The van der Waals surface area contributed by atoms with E-state index in [1.165, 1.54) is 0 Å². The van der Waals surface area contributed by atoms with Crippen molar-refractivity contribution in [3.05, 3.63) is 72.1 Å². The average Bonchev–Trinajstić information content (AvgIpc) is 2.68. The fourth-order valence-corrected chi connectivity index (χ4v) is 3.60. The van der Waals surface area contributed by atoms with Gasteiger partial charge < -0.3 is 9.64 Å². The van der Waals surface area contributed by atoms with Gasteiger partial charge in [-0.1, -0.05) is 42.5 Å². The van der Waals surface area contributed by atoms with Crippen molar-refractivity contribution in [2.45, 2.75) is 32.0 Å². The largest absolute Gasteiger partial charge is 0.369 e. The molecule has 0 aliphatic carbocycles. The van der Waals surface area contributed by atoms with Gasteiger partial charge >= 0.3 is 0 Å². The Labute approximate surface area is 152 Å². The third-order valence-corrected chi connectivity index (χ3v) is 4.90. The number of nitrogens with zero attached hydrogens (tertiary/aromatic N) is 3. The minimum absolute atomic E-state index is 0.0225. The predicted molar refractivity (Wildman–Crippen MR) is 99.8 cm³/mol. The van der Waals surface area contributed by atoms with Gasteiger partial charge in [0.2, 0.25) is 0 Å². The zero-order valence-corrected chi connectivity index (χ0v) is 14.9. The molecule has 5 nitrogen and oxygen atoms in total. The van der Waals surface area contributed by atoms with E-state index in [0.29, 0.717) is 12.3 Å². The molecule has 0 radical (unpaired) electrons. The summed E-state index contributed by atoms with van der Waals surface area (Å²) >= 11 is 0. The van der Waals surface area contributed by atoms with Crippen molar-refractivity contribution in [1.29, 1.82) is 0 Å². The van der Waals surface area contributed by atoms with Crippen LogP contribution in [-0.2, 0) is 4.74 Å². The molecule has 3 atom stereocenters. The third-order valence-electron chi connectivity index (χ3n) is 4.90. The van der Waals surface area contributed by atoms with Crippen molar-refractivity contribution < 1.29 is 9.53 Å². The standard InChI is InChI=1S/C21H21N3O2/c1-14-13-26-20(16-8-4-3-5-9-16)15(2)24(14)21(25)19-12-22-17-10-6-7-11-18(17)23-19/h3-12,14-15,20H,13H2,1-2H3/t14-,15-,20-/m1/s1. The first kappa shape index (κ1) is 16.7. The molecule has 1 fully saturated rings. The second-order valence-electron chi connectivity index (χ2n) is 6.71. The molecule has 0 saturated carbocycles. The molecule has 1 aromatic heterocycles. The van der Waals surface area contributed by atoms with Crippen LogP contribution < -0.4 is 0 Å². The Balaban J connectivity index is 1.66. The summed E-state index contributed by atoms with van der Waals surface area (Å²) in [4.78, 5) is 24.0. The minimum Gasteiger partial charge on any atom is -0.369 e. The molecule has 1 aliphatic rings. The number of fused-ring (bicyclic) bond motifs is 1. The van der Waals surface area contributed by atoms with E-state index < -0.39 is 0 Å². The summed E-state index contributed by atoms with van der Waals surface area (Å²) in [5.74, 6) is -0.104. The van der Waals surface area contributed by atoms with Crippen molar-refractivity contribution in [2.75, 3.05) is 6.61 Å². The highest BCUT2D eigenvalue weighted by Crippen LogP contribution is 2.31. The molecule has 1 amide bonds. The quantitative estimate of drug-likeness (QED) is 0.710. The van der Waals surface area contributed by atoms with Gasteiger partial charge in [-0.25, -0.2) is 4.98 Å². The number of rotatable bonds is 2. The van der Waals surface area contributed by atoms with Gasteiger partial charge in [0.1, 0.15) is 11.8 Å². The van der Waals surface area contributed by atoms with Gasteiger partial charge in [-0.05, 0) is 31.5 Å². The lowest BCUT2D eigenvalue weighted by molar-refractivity contribution is -0.0807. The molecule has 0 N–H and O–H groups in total. The molecule has 5 heteroatoms. The molecule has 26 heavy (non-hydrogen) atoms. The number of carbonyl (C=O) groups excluding carboxylic acids is 1. The minimum atomic E-state index is -0.148. The maximum Gasteiger partial charge on any atom is 0.274 e.